The van der Waals surface area contributed by atoms with Crippen LogP contribution in [0, 0.1) is 10.1 Å². The molecule has 0 unspecified atom stereocenters. The molecule has 0 spiro atoms. The van der Waals surface area contributed by atoms with Crippen LogP contribution in [0.5, 0.6) is 5.75 Å². The molecule has 1 aliphatic heterocycles. The minimum absolute atomic E-state index is 0.145. The van der Waals surface area contributed by atoms with E-state index < -0.39 is 4.92 Å². The van der Waals surface area contributed by atoms with E-state index in [0.29, 0.717) is 39.2 Å². The van der Waals surface area contributed by atoms with E-state index in [4.69, 9.17) is 22.1 Å². The molecule has 0 saturated carbocycles. The van der Waals surface area contributed by atoms with E-state index in [1.165, 1.54) is 17.8 Å². The molecule has 174 valence electrons. The average molecular weight is 495 g/mol. The van der Waals surface area contributed by atoms with Gasteiger partial charge in [0.2, 0.25) is 0 Å². The first-order valence-electron chi connectivity index (χ1n) is 10.7. The second-order valence-electron chi connectivity index (χ2n) is 7.42. The van der Waals surface area contributed by atoms with E-state index in [2.05, 4.69) is 0 Å². The summed E-state index contributed by atoms with van der Waals surface area (Å²) in [4.78, 5) is 26.2. The molecule has 1 fully saturated rings. The van der Waals surface area contributed by atoms with Gasteiger partial charge < -0.3 is 4.74 Å². The number of thioether (sulfide) groups is 1. The summed E-state index contributed by atoms with van der Waals surface area (Å²) >= 11 is 6.63. The number of carbonyl (C=O) groups is 1. The number of aromatic nitrogens is 2. The quantitative estimate of drug-likeness (QED) is 0.178. The molecule has 2 aromatic carbocycles. The molecule has 1 amide bonds. The van der Waals surface area contributed by atoms with Crippen LogP contribution in [-0.2, 0) is 4.79 Å². The number of nitro groups is 1. The molecule has 0 radical (unpaired) electrons. The zero-order chi connectivity index (χ0) is 24.2. The third kappa shape index (κ3) is 4.73. The molecule has 0 bridgehead atoms. The molecule has 8 nitrogen and oxygen atoms in total. The standard InChI is InChI=1S/C24H22N4O4S2/c1-3-12-26-23(29)21(34-24(26)33)14-17-15-27(18-8-6-5-7-9-18)25-22(17)16-10-11-20(32-4-2)19(13-16)28(30)31/h5-11,13-15H,3-4,12H2,1-2H3. The van der Waals surface area contributed by atoms with Crippen molar-refractivity contribution >= 4 is 46.0 Å². The molecule has 10 heteroatoms. The summed E-state index contributed by atoms with van der Waals surface area (Å²) in [6.45, 7) is 4.63. The first kappa shape index (κ1) is 23.7. The van der Waals surface area contributed by atoms with Gasteiger partial charge in [0.15, 0.2) is 5.75 Å². The average Bonchev–Trinajstić information content (AvgIpc) is 3.37. The fraction of sp³-hybridized carbons (Fsp3) is 0.208. The Morgan fingerprint density at radius 3 is 2.65 bits per heavy atom. The fourth-order valence-corrected chi connectivity index (χ4v) is 4.87. The molecule has 2 heterocycles. The molecule has 34 heavy (non-hydrogen) atoms. The number of benzene rings is 2. The van der Waals surface area contributed by atoms with Crippen molar-refractivity contribution in [3.63, 3.8) is 0 Å². The van der Waals surface area contributed by atoms with Crippen molar-refractivity contribution in [3.8, 4) is 22.7 Å². The zero-order valence-corrected chi connectivity index (χ0v) is 20.3. The van der Waals surface area contributed by atoms with Gasteiger partial charge >= 0.3 is 5.69 Å². The largest absolute Gasteiger partial charge is 0.487 e. The van der Waals surface area contributed by atoms with Crippen molar-refractivity contribution in [1.29, 1.82) is 0 Å². The van der Waals surface area contributed by atoms with Gasteiger partial charge in [-0.1, -0.05) is 49.1 Å². The van der Waals surface area contributed by atoms with Gasteiger partial charge in [-0.15, -0.1) is 0 Å². The van der Waals surface area contributed by atoms with Crippen LogP contribution in [0.25, 0.3) is 23.0 Å². The van der Waals surface area contributed by atoms with Crippen LogP contribution in [0.3, 0.4) is 0 Å². The Balaban J connectivity index is 1.84. The lowest BCUT2D eigenvalue weighted by molar-refractivity contribution is -0.385. The molecular formula is C24H22N4O4S2. The maximum absolute atomic E-state index is 12.9. The number of thiocarbonyl (C=S) groups is 1. The number of hydrogen-bond acceptors (Lipinski definition) is 7. The van der Waals surface area contributed by atoms with Gasteiger partial charge in [0.1, 0.15) is 10.0 Å². The number of nitrogens with zero attached hydrogens (tertiary/aromatic N) is 4. The molecule has 1 aromatic heterocycles. The van der Waals surface area contributed by atoms with Gasteiger partial charge in [0, 0.05) is 29.9 Å². The van der Waals surface area contributed by atoms with Gasteiger partial charge in [0.25, 0.3) is 5.91 Å². The Bertz CT molecular complexity index is 1290. The van der Waals surface area contributed by atoms with Crippen LogP contribution in [0.1, 0.15) is 25.8 Å². The smallest absolute Gasteiger partial charge is 0.311 e. The highest BCUT2D eigenvalue weighted by Gasteiger charge is 2.32. The summed E-state index contributed by atoms with van der Waals surface area (Å²) in [5.74, 6) is 0.0497. The summed E-state index contributed by atoms with van der Waals surface area (Å²) in [5, 5.41) is 16.4. The monoisotopic (exact) mass is 494 g/mol. The van der Waals surface area contributed by atoms with E-state index in [0.717, 1.165) is 12.1 Å². The first-order valence-corrected chi connectivity index (χ1v) is 12.0. The number of nitro benzene ring substituents is 1. The molecule has 4 rings (SSSR count). The Hall–Kier alpha value is -3.50. The third-order valence-electron chi connectivity index (χ3n) is 5.10. The predicted octanol–water partition coefficient (Wildman–Crippen LogP) is 5.46. The van der Waals surface area contributed by atoms with Crippen molar-refractivity contribution < 1.29 is 14.5 Å². The Labute approximate surface area is 206 Å². The highest BCUT2D eigenvalue weighted by atomic mass is 32.2. The summed E-state index contributed by atoms with van der Waals surface area (Å²) < 4.78 is 7.63. The van der Waals surface area contributed by atoms with Crippen molar-refractivity contribution in [2.24, 2.45) is 0 Å². The van der Waals surface area contributed by atoms with Crippen LogP contribution in [0.15, 0.2) is 59.6 Å². The van der Waals surface area contributed by atoms with Crippen LogP contribution in [0.4, 0.5) is 5.69 Å². The number of para-hydroxylation sites is 1. The second-order valence-corrected chi connectivity index (χ2v) is 9.09. The van der Waals surface area contributed by atoms with Crippen LogP contribution in [-0.4, -0.2) is 43.0 Å². The number of carbonyl (C=O) groups excluding carboxylic acids is 1. The van der Waals surface area contributed by atoms with Crippen molar-refractivity contribution in [1.82, 2.24) is 14.7 Å². The van der Waals surface area contributed by atoms with E-state index >= 15 is 0 Å². The molecule has 0 N–H and O–H groups in total. The number of hydrogen-bond donors (Lipinski definition) is 0. The lowest BCUT2D eigenvalue weighted by Crippen LogP contribution is -2.28. The van der Waals surface area contributed by atoms with Crippen LogP contribution >= 0.6 is 24.0 Å². The maximum atomic E-state index is 12.9. The van der Waals surface area contributed by atoms with Crippen molar-refractivity contribution in [3.05, 3.63) is 75.3 Å². The fourth-order valence-electron chi connectivity index (χ4n) is 3.57. The second kappa shape index (κ2) is 10.2. The number of rotatable bonds is 8. The summed E-state index contributed by atoms with van der Waals surface area (Å²) in [6.07, 6.45) is 4.35. The minimum atomic E-state index is -0.474. The number of ether oxygens (including phenoxy) is 1. The highest BCUT2D eigenvalue weighted by molar-refractivity contribution is 8.26. The van der Waals surface area contributed by atoms with E-state index in [1.54, 1.807) is 40.9 Å². The van der Waals surface area contributed by atoms with Crippen LogP contribution < -0.4 is 4.74 Å². The zero-order valence-electron chi connectivity index (χ0n) is 18.6. The van der Waals surface area contributed by atoms with Gasteiger partial charge in [-0.3, -0.25) is 19.8 Å². The molecular weight excluding hydrogens is 472 g/mol. The minimum Gasteiger partial charge on any atom is -0.487 e. The third-order valence-corrected chi connectivity index (χ3v) is 6.48. The molecule has 0 atom stereocenters. The lowest BCUT2D eigenvalue weighted by Gasteiger charge is -2.11. The van der Waals surface area contributed by atoms with Crippen molar-refractivity contribution in [2.45, 2.75) is 20.3 Å². The van der Waals surface area contributed by atoms with E-state index in [1.807, 2.05) is 37.3 Å². The predicted molar refractivity (Wildman–Crippen MR) is 137 cm³/mol. The molecule has 1 saturated heterocycles. The molecule has 1 aliphatic rings. The number of amides is 1. The van der Waals surface area contributed by atoms with Crippen LogP contribution in [0.2, 0.25) is 0 Å². The Kier molecular flexibility index (Phi) is 7.09. The van der Waals surface area contributed by atoms with Crippen molar-refractivity contribution in [2.75, 3.05) is 13.2 Å². The van der Waals surface area contributed by atoms with E-state index in [-0.39, 0.29) is 17.3 Å². The topological polar surface area (TPSA) is 90.5 Å². The van der Waals surface area contributed by atoms with Gasteiger partial charge in [0.05, 0.1) is 22.1 Å². The highest BCUT2D eigenvalue weighted by Crippen LogP contribution is 2.37. The first-order chi connectivity index (χ1) is 16.4. The summed E-state index contributed by atoms with van der Waals surface area (Å²) in [6, 6.07) is 14.3. The van der Waals surface area contributed by atoms with Gasteiger partial charge in [-0.2, -0.15) is 5.10 Å². The maximum Gasteiger partial charge on any atom is 0.311 e. The SMILES string of the molecule is CCCN1C(=O)C(=Cc2cn(-c3ccccc3)nc2-c2ccc(OCC)c([N+](=O)[O-])c2)SC1=S. The lowest BCUT2D eigenvalue weighted by atomic mass is 10.1. The summed E-state index contributed by atoms with van der Waals surface area (Å²) in [7, 11) is 0. The molecule has 0 aliphatic carbocycles. The van der Waals surface area contributed by atoms with Gasteiger partial charge in [-0.05, 0) is 43.7 Å². The molecule has 3 aromatic rings. The Morgan fingerprint density at radius 1 is 1.21 bits per heavy atom. The van der Waals surface area contributed by atoms with E-state index in [9.17, 15) is 14.9 Å². The normalized spacial score (nSPS) is 14.8. The summed E-state index contributed by atoms with van der Waals surface area (Å²) in [5.41, 5.74) is 2.38. The Morgan fingerprint density at radius 2 is 1.97 bits per heavy atom. The van der Waals surface area contributed by atoms with Gasteiger partial charge in [-0.25, -0.2) is 4.68 Å².